The SMILES string of the molecule is COc1cc(C#CC2CCCC2)c(F)cc1-n1c(=O)ccc2cc(S(N)(=O)=O)ccc21. The molecule has 160 valence electrons. The smallest absolute Gasteiger partial charge is 0.255 e. The number of methoxy groups -OCH3 is 1. The minimum absolute atomic E-state index is 0.0825. The molecule has 0 bridgehead atoms. The predicted octanol–water partition coefficient (Wildman–Crippen LogP) is 3.33. The maximum Gasteiger partial charge on any atom is 0.255 e. The number of hydrogen-bond acceptors (Lipinski definition) is 4. The predicted molar refractivity (Wildman–Crippen MR) is 116 cm³/mol. The summed E-state index contributed by atoms with van der Waals surface area (Å²) in [7, 11) is -2.48. The third-order valence-corrected chi connectivity index (χ3v) is 6.38. The van der Waals surface area contributed by atoms with Crippen molar-refractivity contribution in [3.05, 3.63) is 64.2 Å². The van der Waals surface area contributed by atoms with Crippen LogP contribution in [0, 0.1) is 23.6 Å². The van der Waals surface area contributed by atoms with E-state index >= 15 is 0 Å². The topological polar surface area (TPSA) is 91.4 Å². The maximum atomic E-state index is 14.9. The molecular weight excluding hydrogens is 419 g/mol. The van der Waals surface area contributed by atoms with Gasteiger partial charge < -0.3 is 4.74 Å². The number of sulfonamides is 1. The molecule has 1 aliphatic rings. The van der Waals surface area contributed by atoms with E-state index in [1.165, 1.54) is 54.1 Å². The summed E-state index contributed by atoms with van der Waals surface area (Å²) in [5.74, 6) is 6.03. The molecule has 2 N–H and O–H groups in total. The first-order valence-electron chi connectivity index (χ1n) is 9.86. The van der Waals surface area contributed by atoms with E-state index in [0.717, 1.165) is 25.7 Å². The highest BCUT2D eigenvalue weighted by Crippen LogP contribution is 2.29. The van der Waals surface area contributed by atoms with Crippen LogP contribution in [0.3, 0.4) is 0 Å². The number of ether oxygens (including phenoxy) is 1. The van der Waals surface area contributed by atoms with Gasteiger partial charge in [-0.05, 0) is 37.1 Å². The number of pyridine rings is 1. The van der Waals surface area contributed by atoms with E-state index in [1.54, 1.807) is 0 Å². The first kappa shape index (κ1) is 21.1. The van der Waals surface area contributed by atoms with E-state index < -0.39 is 21.4 Å². The molecule has 1 fully saturated rings. The minimum Gasteiger partial charge on any atom is -0.495 e. The molecule has 6 nitrogen and oxygen atoms in total. The Balaban J connectivity index is 1.88. The van der Waals surface area contributed by atoms with Crippen LogP contribution in [0.15, 0.2) is 52.2 Å². The summed E-state index contributed by atoms with van der Waals surface area (Å²) in [5.41, 5.74) is 0.378. The molecule has 0 amide bonds. The van der Waals surface area contributed by atoms with Crippen LogP contribution in [-0.2, 0) is 10.0 Å². The first-order valence-corrected chi connectivity index (χ1v) is 11.4. The summed E-state index contributed by atoms with van der Waals surface area (Å²) in [4.78, 5) is 12.6. The molecule has 1 aliphatic carbocycles. The Labute approximate surface area is 179 Å². The molecule has 1 saturated carbocycles. The fourth-order valence-corrected chi connectivity index (χ4v) is 4.43. The van der Waals surface area contributed by atoms with Gasteiger partial charge in [0.2, 0.25) is 10.0 Å². The number of primary sulfonamides is 1. The Bertz CT molecular complexity index is 1390. The van der Waals surface area contributed by atoms with Gasteiger partial charge >= 0.3 is 0 Å². The number of benzene rings is 2. The number of fused-ring (bicyclic) bond motifs is 1. The summed E-state index contributed by atoms with van der Waals surface area (Å²) < 4.78 is 45.0. The van der Waals surface area contributed by atoms with Gasteiger partial charge in [0.1, 0.15) is 11.6 Å². The molecule has 8 heteroatoms. The number of nitrogens with zero attached hydrogens (tertiary/aromatic N) is 1. The molecule has 0 atom stereocenters. The van der Waals surface area contributed by atoms with Gasteiger partial charge in [0.05, 0.1) is 28.8 Å². The Morgan fingerprint density at radius 1 is 1.13 bits per heavy atom. The van der Waals surface area contributed by atoms with Gasteiger partial charge in [0, 0.05) is 29.5 Å². The number of rotatable bonds is 3. The van der Waals surface area contributed by atoms with E-state index in [1.807, 2.05) is 0 Å². The molecule has 0 aliphatic heterocycles. The zero-order valence-corrected chi connectivity index (χ0v) is 17.7. The third-order valence-electron chi connectivity index (χ3n) is 5.47. The molecule has 0 saturated heterocycles. The van der Waals surface area contributed by atoms with Crippen LogP contribution in [0.4, 0.5) is 4.39 Å². The number of halogens is 1. The summed E-state index contributed by atoms with van der Waals surface area (Å²) in [5, 5.41) is 5.66. The molecular formula is C23H21FN2O4S. The molecule has 3 aromatic rings. The quantitative estimate of drug-likeness (QED) is 0.633. The van der Waals surface area contributed by atoms with Crippen LogP contribution in [-0.4, -0.2) is 20.1 Å². The molecule has 1 aromatic heterocycles. The minimum atomic E-state index is -3.91. The zero-order valence-electron chi connectivity index (χ0n) is 16.9. The van der Waals surface area contributed by atoms with Crippen LogP contribution >= 0.6 is 0 Å². The highest BCUT2D eigenvalue weighted by molar-refractivity contribution is 7.89. The van der Waals surface area contributed by atoms with Gasteiger partial charge in [-0.1, -0.05) is 24.7 Å². The average molecular weight is 440 g/mol. The van der Waals surface area contributed by atoms with Gasteiger partial charge in [-0.25, -0.2) is 17.9 Å². The first-order chi connectivity index (χ1) is 14.8. The lowest BCUT2D eigenvalue weighted by Gasteiger charge is -2.15. The number of hydrogen-bond donors (Lipinski definition) is 1. The third kappa shape index (κ3) is 4.20. The molecule has 31 heavy (non-hydrogen) atoms. The maximum absolute atomic E-state index is 14.9. The summed E-state index contributed by atoms with van der Waals surface area (Å²) in [6.07, 6.45) is 4.33. The summed E-state index contributed by atoms with van der Waals surface area (Å²) in [6, 6.07) is 9.60. The van der Waals surface area contributed by atoms with Crippen molar-refractivity contribution in [2.45, 2.75) is 30.6 Å². The van der Waals surface area contributed by atoms with Crippen LogP contribution in [0.2, 0.25) is 0 Å². The van der Waals surface area contributed by atoms with Crippen molar-refractivity contribution in [3.8, 4) is 23.3 Å². The highest BCUT2D eigenvalue weighted by atomic mass is 32.2. The second-order valence-corrected chi connectivity index (χ2v) is 9.09. The molecule has 0 spiro atoms. The monoisotopic (exact) mass is 440 g/mol. The number of nitrogens with two attached hydrogens (primary N) is 1. The fraction of sp³-hybridized carbons (Fsp3) is 0.261. The summed E-state index contributed by atoms with van der Waals surface area (Å²) >= 11 is 0. The molecule has 1 heterocycles. The Hall–Kier alpha value is -3.15. The van der Waals surface area contributed by atoms with E-state index in [-0.39, 0.29) is 27.8 Å². The van der Waals surface area contributed by atoms with Gasteiger partial charge in [0.15, 0.2) is 0 Å². The molecule has 0 radical (unpaired) electrons. The molecule has 0 unspecified atom stereocenters. The van der Waals surface area contributed by atoms with Crippen LogP contribution in [0.25, 0.3) is 16.6 Å². The van der Waals surface area contributed by atoms with Gasteiger partial charge in [-0.2, -0.15) is 0 Å². The van der Waals surface area contributed by atoms with Crippen LogP contribution in [0.1, 0.15) is 31.2 Å². The second-order valence-electron chi connectivity index (χ2n) is 7.53. The second kappa shape index (κ2) is 8.17. The van der Waals surface area contributed by atoms with Crippen LogP contribution < -0.4 is 15.4 Å². The van der Waals surface area contributed by atoms with Gasteiger partial charge in [0.25, 0.3) is 5.56 Å². The van der Waals surface area contributed by atoms with Crippen molar-refractivity contribution >= 4 is 20.9 Å². The van der Waals surface area contributed by atoms with Gasteiger partial charge in [-0.15, -0.1) is 0 Å². The van der Waals surface area contributed by atoms with E-state index in [9.17, 15) is 17.6 Å². The standard InChI is InChI=1S/C23H21FN2O4S/c1-30-22-13-16(7-6-15-4-2-3-5-15)19(24)14-21(22)26-20-10-9-18(31(25,28)29)12-17(20)8-11-23(26)27/h8-15H,2-5H2,1H3,(H2,25,28,29). The Kier molecular flexibility index (Phi) is 5.56. The van der Waals surface area contributed by atoms with Crippen molar-refractivity contribution in [3.63, 3.8) is 0 Å². The average Bonchev–Trinajstić information content (AvgIpc) is 3.25. The lowest BCUT2D eigenvalue weighted by Crippen LogP contribution is -2.19. The molecule has 2 aromatic carbocycles. The van der Waals surface area contributed by atoms with Crippen molar-refractivity contribution in [2.24, 2.45) is 11.1 Å². The number of aromatic nitrogens is 1. The van der Waals surface area contributed by atoms with Crippen molar-refractivity contribution in [1.29, 1.82) is 0 Å². The lowest BCUT2D eigenvalue weighted by atomic mass is 10.1. The largest absolute Gasteiger partial charge is 0.495 e. The van der Waals surface area contributed by atoms with Gasteiger partial charge in [-0.3, -0.25) is 9.36 Å². The van der Waals surface area contributed by atoms with E-state index in [4.69, 9.17) is 9.88 Å². The van der Waals surface area contributed by atoms with Crippen molar-refractivity contribution < 1.29 is 17.5 Å². The lowest BCUT2D eigenvalue weighted by molar-refractivity contribution is 0.411. The van der Waals surface area contributed by atoms with E-state index in [2.05, 4.69) is 11.8 Å². The Morgan fingerprint density at radius 3 is 2.55 bits per heavy atom. The Morgan fingerprint density at radius 2 is 1.87 bits per heavy atom. The van der Waals surface area contributed by atoms with Crippen molar-refractivity contribution in [2.75, 3.05) is 7.11 Å². The normalized spacial score (nSPS) is 14.4. The van der Waals surface area contributed by atoms with Crippen molar-refractivity contribution in [1.82, 2.24) is 4.57 Å². The highest BCUT2D eigenvalue weighted by Gasteiger charge is 2.17. The summed E-state index contributed by atoms with van der Waals surface area (Å²) in [6.45, 7) is 0. The van der Waals surface area contributed by atoms with E-state index in [0.29, 0.717) is 10.9 Å². The fourth-order valence-electron chi connectivity index (χ4n) is 3.88. The molecule has 4 rings (SSSR count). The van der Waals surface area contributed by atoms with Crippen LogP contribution in [0.5, 0.6) is 5.75 Å². The zero-order chi connectivity index (χ0) is 22.2.